The zero-order valence-electron chi connectivity index (χ0n) is 12.2. The molecule has 21 heavy (non-hydrogen) atoms. The second kappa shape index (κ2) is 6.39. The normalized spacial score (nSPS) is 12.0. The minimum Gasteiger partial charge on any atom is -0.335 e. The molecule has 2 aromatic carbocycles. The van der Waals surface area contributed by atoms with Gasteiger partial charge in [-0.2, -0.15) is 0 Å². The molecule has 0 aromatic heterocycles. The molecule has 1 unspecified atom stereocenters. The van der Waals surface area contributed by atoms with Crippen LogP contribution in [0, 0.1) is 12.7 Å². The lowest BCUT2D eigenvalue weighted by atomic mass is 10.0. The highest BCUT2D eigenvalue weighted by atomic mass is 79.9. The number of carbonyl (C=O) groups is 1. The van der Waals surface area contributed by atoms with Gasteiger partial charge in [0, 0.05) is 7.05 Å². The summed E-state index contributed by atoms with van der Waals surface area (Å²) >= 11 is 3.11. The number of rotatable bonds is 3. The molecule has 4 heteroatoms. The maximum absolute atomic E-state index is 14.0. The lowest BCUT2D eigenvalue weighted by Gasteiger charge is -2.26. The first kappa shape index (κ1) is 15.7. The summed E-state index contributed by atoms with van der Waals surface area (Å²) in [7, 11) is 1.69. The standard InChI is InChI=1S/C17H17BrFNO/c1-11-7-9-13(10-8-11)12(2)20(3)17(21)14-5-4-6-15(18)16(14)19/h4-10,12H,1-3H3. The molecule has 2 rings (SSSR count). The van der Waals surface area contributed by atoms with E-state index in [9.17, 15) is 9.18 Å². The fourth-order valence-electron chi connectivity index (χ4n) is 2.10. The molecular formula is C17H17BrFNO. The Morgan fingerprint density at radius 3 is 2.43 bits per heavy atom. The van der Waals surface area contributed by atoms with Crippen molar-refractivity contribution < 1.29 is 9.18 Å². The molecule has 0 N–H and O–H groups in total. The Labute approximate surface area is 132 Å². The number of amides is 1. The van der Waals surface area contributed by atoms with E-state index in [1.807, 2.05) is 38.1 Å². The van der Waals surface area contributed by atoms with E-state index >= 15 is 0 Å². The highest BCUT2D eigenvalue weighted by Gasteiger charge is 2.22. The van der Waals surface area contributed by atoms with Gasteiger partial charge in [0.15, 0.2) is 0 Å². The van der Waals surface area contributed by atoms with Gasteiger partial charge in [-0.15, -0.1) is 0 Å². The lowest BCUT2D eigenvalue weighted by molar-refractivity contribution is 0.0737. The number of carbonyl (C=O) groups excluding carboxylic acids is 1. The molecule has 2 aromatic rings. The van der Waals surface area contributed by atoms with Crippen molar-refractivity contribution in [3.05, 3.63) is 69.4 Å². The molecule has 0 aliphatic heterocycles. The van der Waals surface area contributed by atoms with Gasteiger partial charge in [0.05, 0.1) is 16.1 Å². The molecule has 0 aliphatic rings. The molecule has 0 saturated carbocycles. The average Bonchev–Trinajstić information content (AvgIpc) is 2.48. The molecule has 0 fully saturated rings. The van der Waals surface area contributed by atoms with E-state index in [1.165, 1.54) is 6.07 Å². The summed E-state index contributed by atoms with van der Waals surface area (Å²) in [5, 5.41) is 0. The number of nitrogens with zero attached hydrogens (tertiary/aromatic N) is 1. The Morgan fingerprint density at radius 1 is 1.19 bits per heavy atom. The van der Waals surface area contributed by atoms with Crippen LogP contribution in [0.25, 0.3) is 0 Å². The van der Waals surface area contributed by atoms with E-state index in [4.69, 9.17) is 0 Å². The monoisotopic (exact) mass is 349 g/mol. The first-order chi connectivity index (χ1) is 9.91. The van der Waals surface area contributed by atoms with Gasteiger partial charge in [-0.3, -0.25) is 4.79 Å². The fourth-order valence-corrected chi connectivity index (χ4v) is 2.47. The fraction of sp³-hybridized carbons (Fsp3) is 0.235. The van der Waals surface area contributed by atoms with Gasteiger partial charge in [0.25, 0.3) is 5.91 Å². The van der Waals surface area contributed by atoms with Gasteiger partial charge in [0.1, 0.15) is 5.82 Å². The Balaban J connectivity index is 2.26. The molecule has 0 bridgehead atoms. The van der Waals surface area contributed by atoms with Crippen LogP contribution in [-0.2, 0) is 0 Å². The van der Waals surface area contributed by atoms with Crippen molar-refractivity contribution in [1.29, 1.82) is 0 Å². The van der Waals surface area contributed by atoms with Gasteiger partial charge < -0.3 is 4.90 Å². The molecule has 0 heterocycles. The van der Waals surface area contributed by atoms with Crippen molar-refractivity contribution in [1.82, 2.24) is 4.90 Å². The quantitative estimate of drug-likeness (QED) is 0.784. The van der Waals surface area contributed by atoms with Crippen molar-refractivity contribution >= 4 is 21.8 Å². The molecular weight excluding hydrogens is 333 g/mol. The Hall–Kier alpha value is -1.68. The van der Waals surface area contributed by atoms with Crippen molar-refractivity contribution in [3.8, 4) is 0 Å². The van der Waals surface area contributed by atoms with Crippen molar-refractivity contribution in [2.45, 2.75) is 19.9 Å². The second-order valence-electron chi connectivity index (χ2n) is 5.10. The Bertz CT molecular complexity index is 654. The third-order valence-electron chi connectivity index (χ3n) is 3.64. The van der Waals surface area contributed by atoms with Gasteiger partial charge in [-0.05, 0) is 47.5 Å². The van der Waals surface area contributed by atoms with Gasteiger partial charge in [-0.1, -0.05) is 35.9 Å². The summed E-state index contributed by atoms with van der Waals surface area (Å²) in [6.07, 6.45) is 0. The van der Waals surface area contributed by atoms with E-state index < -0.39 is 5.82 Å². The topological polar surface area (TPSA) is 20.3 Å². The average molecular weight is 350 g/mol. The van der Waals surface area contributed by atoms with E-state index in [0.717, 1.165) is 11.1 Å². The molecule has 1 amide bonds. The summed E-state index contributed by atoms with van der Waals surface area (Å²) in [6.45, 7) is 3.94. The third kappa shape index (κ3) is 3.32. The number of benzene rings is 2. The summed E-state index contributed by atoms with van der Waals surface area (Å²) in [4.78, 5) is 14.0. The second-order valence-corrected chi connectivity index (χ2v) is 5.96. The molecule has 0 radical (unpaired) electrons. The summed E-state index contributed by atoms with van der Waals surface area (Å²) in [5.41, 5.74) is 2.26. The van der Waals surface area contributed by atoms with Crippen LogP contribution in [0.3, 0.4) is 0 Å². The van der Waals surface area contributed by atoms with E-state index in [1.54, 1.807) is 24.1 Å². The zero-order chi connectivity index (χ0) is 15.6. The lowest BCUT2D eigenvalue weighted by Crippen LogP contribution is -2.30. The summed E-state index contributed by atoms with van der Waals surface area (Å²) < 4.78 is 14.3. The molecule has 0 saturated heterocycles. The van der Waals surface area contributed by atoms with Gasteiger partial charge in [0.2, 0.25) is 0 Å². The zero-order valence-corrected chi connectivity index (χ0v) is 13.8. The van der Waals surface area contributed by atoms with Crippen LogP contribution in [0.4, 0.5) is 4.39 Å². The minimum absolute atomic E-state index is 0.0748. The van der Waals surface area contributed by atoms with Crippen LogP contribution in [0.1, 0.15) is 34.5 Å². The van der Waals surface area contributed by atoms with E-state index in [0.29, 0.717) is 4.47 Å². The van der Waals surface area contributed by atoms with Crippen molar-refractivity contribution in [3.63, 3.8) is 0 Å². The largest absolute Gasteiger partial charge is 0.335 e. The molecule has 110 valence electrons. The van der Waals surface area contributed by atoms with Crippen molar-refractivity contribution in [2.24, 2.45) is 0 Å². The van der Waals surface area contributed by atoms with Gasteiger partial charge >= 0.3 is 0 Å². The van der Waals surface area contributed by atoms with Crippen LogP contribution in [0.5, 0.6) is 0 Å². The van der Waals surface area contributed by atoms with E-state index in [-0.39, 0.29) is 17.5 Å². The highest BCUT2D eigenvalue weighted by Crippen LogP contribution is 2.24. The van der Waals surface area contributed by atoms with Crippen LogP contribution in [-0.4, -0.2) is 17.9 Å². The number of hydrogen-bond donors (Lipinski definition) is 0. The summed E-state index contributed by atoms with van der Waals surface area (Å²) in [6, 6.07) is 12.6. The highest BCUT2D eigenvalue weighted by molar-refractivity contribution is 9.10. The number of halogens is 2. The SMILES string of the molecule is Cc1ccc(C(C)N(C)C(=O)c2cccc(Br)c2F)cc1. The number of aryl methyl sites for hydroxylation is 1. The van der Waals surface area contributed by atoms with Crippen LogP contribution < -0.4 is 0 Å². The van der Waals surface area contributed by atoms with E-state index in [2.05, 4.69) is 15.9 Å². The predicted octanol–water partition coefficient (Wildman–Crippen LogP) is 4.73. The van der Waals surface area contributed by atoms with Crippen molar-refractivity contribution in [2.75, 3.05) is 7.05 Å². The smallest absolute Gasteiger partial charge is 0.257 e. The number of hydrogen-bond acceptors (Lipinski definition) is 1. The maximum Gasteiger partial charge on any atom is 0.257 e. The third-order valence-corrected chi connectivity index (χ3v) is 4.26. The Morgan fingerprint density at radius 2 is 1.81 bits per heavy atom. The first-order valence-electron chi connectivity index (χ1n) is 6.69. The molecule has 0 aliphatic carbocycles. The van der Waals surface area contributed by atoms with Crippen LogP contribution >= 0.6 is 15.9 Å². The van der Waals surface area contributed by atoms with Gasteiger partial charge in [-0.25, -0.2) is 4.39 Å². The predicted molar refractivity (Wildman–Crippen MR) is 85.8 cm³/mol. The summed E-state index contributed by atoms with van der Waals surface area (Å²) in [5.74, 6) is -0.854. The minimum atomic E-state index is -0.523. The Kier molecular flexibility index (Phi) is 4.78. The maximum atomic E-state index is 14.0. The van der Waals surface area contributed by atoms with Crippen LogP contribution in [0.2, 0.25) is 0 Å². The molecule has 2 nitrogen and oxygen atoms in total. The molecule has 1 atom stereocenters. The molecule has 0 spiro atoms. The van der Waals surface area contributed by atoms with Crippen LogP contribution in [0.15, 0.2) is 46.9 Å². The first-order valence-corrected chi connectivity index (χ1v) is 7.49.